The number of anilines is 1. The normalized spacial score (nSPS) is 10.3. The standard InChI is InChI=1S/C16H16ClNO2/c17-14-8-6-13(7-9-14)16(20)18-15-5-1-3-12(11-15)4-2-10-19/h1,3,5-9,11,19H,2,4,10H2,(H,18,20). The predicted octanol–water partition coefficient (Wildman–Crippen LogP) is 3.52. The van der Waals surface area contributed by atoms with Crippen molar-refractivity contribution in [3.05, 3.63) is 64.7 Å². The summed E-state index contributed by atoms with van der Waals surface area (Å²) < 4.78 is 0. The van der Waals surface area contributed by atoms with E-state index in [4.69, 9.17) is 16.7 Å². The second-order valence-corrected chi connectivity index (χ2v) is 4.92. The minimum atomic E-state index is -0.166. The monoisotopic (exact) mass is 289 g/mol. The summed E-state index contributed by atoms with van der Waals surface area (Å²) in [6, 6.07) is 14.4. The van der Waals surface area contributed by atoms with Crippen molar-refractivity contribution in [1.29, 1.82) is 0 Å². The van der Waals surface area contributed by atoms with Gasteiger partial charge in [-0.3, -0.25) is 4.79 Å². The molecule has 0 fully saturated rings. The van der Waals surface area contributed by atoms with Crippen LogP contribution in [0.1, 0.15) is 22.3 Å². The lowest BCUT2D eigenvalue weighted by Crippen LogP contribution is -2.11. The summed E-state index contributed by atoms with van der Waals surface area (Å²) >= 11 is 5.79. The van der Waals surface area contributed by atoms with E-state index in [1.807, 2.05) is 24.3 Å². The lowest BCUT2D eigenvalue weighted by molar-refractivity contribution is 0.102. The maximum Gasteiger partial charge on any atom is 0.255 e. The van der Waals surface area contributed by atoms with E-state index in [0.717, 1.165) is 17.7 Å². The van der Waals surface area contributed by atoms with Crippen molar-refractivity contribution in [1.82, 2.24) is 0 Å². The van der Waals surface area contributed by atoms with Gasteiger partial charge in [0.1, 0.15) is 0 Å². The molecule has 0 aliphatic carbocycles. The number of aliphatic hydroxyl groups excluding tert-OH is 1. The molecule has 0 unspecified atom stereocenters. The number of aliphatic hydroxyl groups is 1. The molecule has 2 aromatic carbocycles. The van der Waals surface area contributed by atoms with Gasteiger partial charge in [-0.15, -0.1) is 0 Å². The zero-order chi connectivity index (χ0) is 14.4. The summed E-state index contributed by atoms with van der Waals surface area (Å²) in [6.45, 7) is 0.168. The molecule has 2 aromatic rings. The van der Waals surface area contributed by atoms with E-state index in [-0.39, 0.29) is 12.5 Å². The van der Waals surface area contributed by atoms with Gasteiger partial charge >= 0.3 is 0 Å². The number of carbonyl (C=O) groups excluding carboxylic acids is 1. The first kappa shape index (κ1) is 14.6. The summed E-state index contributed by atoms with van der Waals surface area (Å²) in [5.74, 6) is -0.166. The van der Waals surface area contributed by atoms with Crippen molar-refractivity contribution in [3.63, 3.8) is 0 Å². The Morgan fingerprint density at radius 3 is 2.60 bits per heavy atom. The topological polar surface area (TPSA) is 49.3 Å². The van der Waals surface area contributed by atoms with Gasteiger partial charge in [0.25, 0.3) is 5.91 Å². The lowest BCUT2D eigenvalue weighted by Gasteiger charge is -2.07. The molecule has 0 aliphatic heterocycles. The number of halogens is 1. The zero-order valence-corrected chi connectivity index (χ0v) is 11.7. The van der Waals surface area contributed by atoms with Crippen LogP contribution >= 0.6 is 11.6 Å². The number of hydrogen-bond donors (Lipinski definition) is 2. The first-order valence-electron chi connectivity index (χ1n) is 6.46. The third kappa shape index (κ3) is 4.08. The quantitative estimate of drug-likeness (QED) is 0.885. The van der Waals surface area contributed by atoms with Crippen molar-refractivity contribution in [2.24, 2.45) is 0 Å². The summed E-state index contributed by atoms with van der Waals surface area (Å²) in [5.41, 5.74) is 2.41. The van der Waals surface area contributed by atoms with Crippen LogP contribution in [0.3, 0.4) is 0 Å². The Hall–Kier alpha value is -1.84. The molecule has 20 heavy (non-hydrogen) atoms. The second kappa shape index (κ2) is 7.08. The van der Waals surface area contributed by atoms with Crippen LogP contribution in [0.5, 0.6) is 0 Å². The number of amides is 1. The maximum atomic E-state index is 12.1. The highest BCUT2D eigenvalue weighted by Crippen LogP contribution is 2.15. The molecule has 0 bridgehead atoms. The van der Waals surface area contributed by atoms with Crippen LogP contribution in [-0.2, 0) is 6.42 Å². The van der Waals surface area contributed by atoms with Gasteiger partial charge in [0.2, 0.25) is 0 Å². The van der Waals surface area contributed by atoms with Crippen LogP contribution in [-0.4, -0.2) is 17.6 Å². The predicted molar refractivity (Wildman–Crippen MR) is 81.3 cm³/mol. The van der Waals surface area contributed by atoms with Gasteiger partial charge in [0.05, 0.1) is 0 Å². The Labute approximate surface area is 123 Å². The Kier molecular flexibility index (Phi) is 5.16. The molecule has 0 saturated carbocycles. The fourth-order valence-corrected chi connectivity index (χ4v) is 2.02. The van der Waals surface area contributed by atoms with E-state index in [0.29, 0.717) is 17.0 Å². The number of carbonyl (C=O) groups is 1. The van der Waals surface area contributed by atoms with E-state index in [1.54, 1.807) is 24.3 Å². The molecule has 2 N–H and O–H groups in total. The van der Waals surface area contributed by atoms with Crippen molar-refractivity contribution in [2.75, 3.05) is 11.9 Å². The average molecular weight is 290 g/mol. The highest BCUT2D eigenvalue weighted by Gasteiger charge is 2.06. The summed E-state index contributed by atoms with van der Waals surface area (Å²) in [4.78, 5) is 12.1. The Balaban J connectivity index is 2.05. The molecule has 1 amide bonds. The van der Waals surface area contributed by atoms with Crippen LogP contribution < -0.4 is 5.32 Å². The number of nitrogens with one attached hydrogen (secondary N) is 1. The van der Waals surface area contributed by atoms with Gasteiger partial charge in [-0.2, -0.15) is 0 Å². The van der Waals surface area contributed by atoms with Crippen LogP contribution in [0.2, 0.25) is 5.02 Å². The van der Waals surface area contributed by atoms with Crippen molar-refractivity contribution in [2.45, 2.75) is 12.8 Å². The van der Waals surface area contributed by atoms with Gasteiger partial charge in [-0.25, -0.2) is 0 Å². The third-order valence-corrected chi connectivity index (χ3v) is 3.17. The molecule has 0 saturated heterocycles. The largest absolute Gasteiger partial charge is 0.396 e. The summed E-state index contributed by atoms with van der Waals surface area (Å²) in [6.07, 6.45) is 1.51. The highest BCUT2D eigenvalue weighted by molar-refractivity contribution is 6.30. The molecule has 2 rings (SSSR count). The van der Waals surface area contributed by atoms with Gasteiger partial charge < -0.3 is 10.4 Å². The van der Waals surface area contributed by atoms with E-state index < -0.39 is 0 Å². The SMILES string of the molecule is O=C(Nc1cccc(CCCO)c1)c1ccc(Cl)cc1. The highest BCUT2D eigenvalue weighted by atomic mass is 35.5. The van der Waals surface area contributed by atoms with Crippen molar-refractivity contribution in [3.8, 4) is 0 Å². The smallest absolute Gasteiger partial charge is 0.255 e. The van der Waals surface area contributed by atoms with Gasteiger partial charge in [-0.1, -0.05) is 23.7 Å². The molecule has 104 valence electrons. The minimum Gasteiger partial charge on any atom is -0.396 e. The van der Waals surface area contributed by atoms with E-state index in [2.05, 4.69) is 5.32 Å². The molecular formula is C16H16ClNO2. The molecule has 0 radical (unpaired) electrons. The second-order valence-electron chi connectivity index (χ2n) is 4.49. The Bertz CT molecular complexity index is 581. The molecule has 3 nitrogen and oxygen atoms in total. The van der Waals surface area contributed by atoms with Crippen LogP contribution in [0, 0.1) is 0 Å². The Morgan fingerprint density at radius 1 is 1.15 bits per heavy atom. The first-order valence-corrected chi connectivity index (χ1v) is 6.83. The van der Waals surface area contributed by atoms with Crippen LogP contribution in [0.4, 0.5) is 5.69 Å². The van der Waals surface area contributed by atoms with E-state index >= 15 is 0 Å². The van der Waals surface area contributed by atoms with E-state index in [9.17, 15) is 4.79 Å². The molecular weight excluding hydrogens is 274 g/mol. The number of benzene rings is 2. The van der Waals surface area contributed by atoms with Crippen molar-refractivity contribution >= 4 is 23.2 Å². The fourth-order valence-electron chi connectivity index (χ4n) is 1.89. The molecule has 0 aliphatic rings. The zero-order valence-electron chi connectivity index (χ0n) is 11.0. The Morgan fingerprint density at radius 2 is 1.90 bits per heavy atom. The molecule has 4 heteroatoms. The molecule has 0 spiro atoms. The number of hydrogen-bond acceptors (Lipinski definition) is 2. The molecule has 0 aromatic heterocycles. The van der Waals surface area contributed by atoms with Gasteiger partial charge in [0.15, 0.2) is 0 Å². The lowest BCUT2D eigenvalue weighted by atomic mass is 10.1. The minimum absolute atomic E-state index is 0.166. The first-order chi connectivity index (χ1) is 9.69. The summed E-state index contributed by atoms with van der Waals surface area (Å²) in [7, 11) is 0. The van der Waals surface area contributed by atoms with Crippen molar-refractivity contribution < 1.29 is 9.90 Å². The number of aryl methyl sites for hydroxylation is 1. The van der Waals surface area contributed by atoms with Gasteiger partial charge in [0, 0.05) is 22.9 Å². The summed E-state index contributed by atoms with van der Waals surface area (Å²) in [5, 5.41) is 12.3. The fraction of sp³-hybridized carbons (Fsp3) is 0.188. The third-order valence-electron chi connectivity index (χ3n) is 2.91. The van der Waals surface area contributed by atoms with E-state index in [1.165, 1.54) is 0 Å². The van der Waals surface area contributed by atoms with Crippen LogP contribution in [0.15, 0.2) is 48.5 Å². The van der Waals surface area contributed by atoms with Gasteiger partial charge in [-0.05, 0) is 54.8 Å². The van der Waals surface area contributed by atoms with Crippen LogP contribution in [0.25, 0.3) is 0 Å². The molecule has 0 atom stereocenters. The molecule has 0 heterocycles. The number of rotatable bonds is 5. The maximum absolute atomic E-state index is 12.1. The average Bonchev–Trinajstić information content (AvgIpc) is 2.46.